The fourth-order valence-corrected chi connectivity index (χ4v) is 3.34. The Kier molecular flexibility index (Phi) is 6.16. The van der Waals surface area contributed by atoms with Crippen LogP contribution in [-0.4, -0.2) is 20.9 Å². The van der Waals surface area contributed by atoms with Crippen LogP contribution in [0, 0.1) is 5.82 Å². The molecular weight excluding hydrogens is 431 g/mol. The van der Waals surface area contributed by atoms with Gasteiger partial charge in [0.15, 0.2) is 0 Å². The Bertz CT molecular complexity index is 1420. The SMILES string of the molecule is O=C(Cn1c(=O)c2ccccc2n(CC(=O)Nc2ccc(F)cc2)c1=O)NCc1ccco1. The molecule has 0 aliphatic heterocycles. The van der Waals surface area contributed by atoms with Crippen molar-refractivity contribution in [1.29, 1.82) is 0 Å². The molecule has 0 saturated carbocycles. The standard InChI is InChI=1S/C23H19FN4O5/c24-15-7-9-16(10-8-15)26-21(30)14-27-19-6-2-1-5-18(19)22(31)28(23(27)32)13-20(29)25-12-17-4-3-11-33-17/h1-11H,12-14H2,(H,25,29)(H,26,30). The summed E-state index contributed by atoms with van der Waals surface area (Å²) < 4.78 is 20.1. The van der Waals surface area contributed by atoms with E-state index in [1.54, 1.807) is 30.3 Å². The average molecular weight is 450 g/mol. The zero-order valence-corrected chi connectivity index (χ0v) is 17.3. The van der Waals surface area contributed by atoms with Crippen molar-refractivity contribution in [3.8, 4) is 0 Å². The van der Waals surface area contributed by atoms with E-state index < -0.39 is 42.0 Å². The number of halogens is 1. The van der Waals surface area contributed by atoms with E-state index in [-0.39, 0.29) is 17.4 Å². The predicted molar refractivity (Wildman–Crippen MR) is 118 cm³/mol. The molecule has 0 spiro atoms. The summed E-state index contributed by atoms with van der Waals surface area (Å²) in [4.78, 5) is 50.9. The Morgan fingerprint density at radius 3 is 2.33 bits per heavy atom. The number of fused-ring (bicyclic) bond motifs is 1. The minimum atomic E-state index is -0.805. The number of hydrogen-bond donors (Lipinski definition) is 2. The van der Waals surface area contributed by atoms with Gasteiger partial charge in [0.05, 0.1) is 23.7 Å². The van der Waals surface area contributed by atoms with Crippen LogP contribution >= 0.6 is 0 Å². The van der Waals surface area contributed by atoms with E-state index in [0.717, 1.165) is 9.13 Å². The van der Waals surface area contributed by atoms with Crippen molar-refractivity contribution in [2.45, 2.75) is 19.6 Å². The van der Waals surface area contributed by atoms with Crippen LogP contribution in [0.2, 0.25) is 0 Å². The van der Waals surface area contributed by atoms with Crippen LogP contribution in [0.3, 0.4) is 0 Å². The lowest BCUT2D eigenvalue weighted by molar-refractivity contribution is -0.122. The normalized spacial score (nSPS) is 10.8. The molecule has 2 heterocycles. The molecule has 9 nitrogen and oxygen atoms in total. The third-order valence-corrected chi connectivity index (χ3v) is 4.90. The third kappa shape index (κ3) is 4.90. The summed E-state index contributed by atoms with van der Waals surface area (Å²) in [5.74, 6) is -1.05. The number of para-hydroxylation sites is 1. The van der Waals surface area contributed by atoms with Gasteiger partial charge in [-0.05, 0) is 48.5 Å². The number of anilines is 1. The highest BCUT2D eigenvalue weighted by Crippen LogP contribution is 2.10. The molecule has 2 aromatic heterocycles. The number of amides is 2. The van der Waals surface area contributed by atoms with Gasteiger partial charge in [0.2, 0.25) is 11.8 Å². The zero-order valence-electron chi connectivity index (χ0n) is 17.3. The minimum Gasteiger partial charge on any atom is -0.467 e. The van der Waals surface area contributed by atoms with Gasteiger partial charge in [-0.3, -0.25) is 23.5 Å². The summed E-state index contributed by atoms with van der Waals surface area (Å²) in [6.45, 7) is -0.837. The Morgan fingerprint density at radius 2 is 1.61 bits per heavy atom. The monoisotopic (exact) mass is 450 g/mol. The van der Waals surface area contributed by atoms with Gasteiger partial charge in [-0.1, -0.05) is 12.1 Å². The van der Waals surface area contributed by atoms with Gasteiger partial charge >= 0.3 is 5.69 Å². The Morgan fingerprint density at radius 1 is 0.879 bits per heavy atom. The van der Waals surface area contributed by atoms with Crippen LogP contribution in [0.25, 0.3) is 10.9 Å². The van der Waals surface area contributed by atoms with E-state index in [9.17, 15) is 23.6 Å². The second-order valence-corrected chi connectivity index (χ2v) is 7.19. The van der Waals surface area contributed by atoms with Crippen LogP contribution in [0.4, 0.5) is 10.1 Å². The summed E-state index contributed by atoms with van der Waals surface area (Å²) >= 11 is 0. The number of hydrogen-bond acceptors (Lipinski definition) is 5. The largest absolute Gasteiger partial charge is 0.467 e. The van der Waals surface area contributed by atoms with Gasteiger partial charge in [-0.15, -0.1) is 0 Å². The molecule has 0 unspecified atom stereocenters. The molecule has 4 aromatic rings. The van der Waals surface area contributed by atoms with Gasteiger partial charge in [0.25, 0.3) is 5.56 Å². The molecule has 0 radical (unpaired) electrons. The summed E-state index contributed by atoms with van der Waals surface area (Å²) in [5.41, 5.74) is -0.835. The first-order chi connectivity index (χ1) is 15.9. The summed E-state index contributed by atoms with van der Waals surface area (Å²) in [6.07, 6.45) is 1.46. The Labute approximate surface area is 186 Å². The van der Waals surface area contributed by atoms with E-state index in [2.05, 4.69) is 10.6 Å². The van der Waals surface area contributed by atoms with Crippen molar-refractivity contribution in [1.82, 2.24) is 14.5 Å². The van der Waals surface area contributed by atoms with Gasteiger partial charge < -0.3 is 15.1 Å². The van der Waals surface area contributed by atoms with Crippen molar-refractivity contribution < 1.29 is 18.4 Å². The van der Waals surface area contributed by atoms with Crippen molar-refractivity contribution in [3.63, 3.8) is 0 Å². The van der Waals surface area contributed by atoms with Crippen molar-refractivity contribution in [2.24, 2.45) is 0 Å². The smallest absolute Gasteiger partial charge is 0.332 e. The Balaban J connectivity index is 1.62. The third-order valence-electron chi connectivity index (χ3n) is 4.90. The van der Waals surface area contributed by atoms with Crippen LogP contribution < -0.4 is 21.9 Å². The maximum absolute atomic E-state index is 13.1. The fourth-order valence-electron chi connectivity index (χ4n) is 3.34. The van der Waals surface area contributed by atoms with Crippen molar-refractivity contribution in [3.05, 3.63) is 99.3 Å². The van der Waals surface area contributed by atoms with Gasteiger partial charge in [-0.2, -0.15) is 0 Å². The summed E-state index contributed by atoms with van der Waals surface area (Å²) in [6, 6.07) is 14.8. The van der Waals surface area contributed by atoms with Crippen molar-refractivity contribution >= 4 is 28.4 Å². The molecule has 0 fully saturated rings. The number of nitrogens with zero attached hydrogens (tertiary/aromatic N) is 2. The first-order valence-electron chi connectivity index (χ1n) is 9.99. The zero-order chi connectivity index (χ0) is 23.4. The molecule has 2 N–H and O–H groups in total. The predicted octanol–water partition coefficient (Wildman–Crippen LogP) is 1.85. The van der Waals surface area contributed by atoms with Crippen LogP contribution in [-0.2, 0) is 29.2 Å². The fraction of sp³-hybridized carbons (Fsp3) is 0.130. The van der Waals surface area contributed by atoms with Crippen LogP contribution in [0.5, 0.6) is 0 Å². The molecule has 33 heavy (non-hydrogen) atoms. The molecular formula is C23H19FN4O5. The Hall–Kier alpha value is -4.47. The highest BCUT2D eigenvalue weighted by Gasteiger charge is 2.17. The molecule has 4 rings (SSSR count). The first kappa shape index (κ1) is 21.8. The highest BCUT2D eigenvalue weighted by atomic mass is 19.1. The van der Waals surface area contributed by atoms with Crippen LogP contribution in [0.15, 0.2) is 80.9 Å². The number of carbonyl (C=O) groups is 2. The van der Waals surface area contributed by atoms with E-state index in [1.807, 2.05) is 0 Å². The average Bonchev–Trinajstić information content (AvgIpc) is 3.33. The maximum atomic E-state index is 13.1. The first-order valence-corrected chi connectivity index (χ1v) is 9.99. The second-order valence-electron chi connectivity index (χ2n) is 7.19. The van der Waals surface area contributed by atoms with E-state index in [0.29, 0.717) is 11.4 Å². The molecule has 2 aromatic carbocycles. The molecule has 2 amide bonds. The quantitative estimate of drug-likeness (QED) is 0.446. The molecule has 0 atom stereocenters. The number of carbonyl (C=O) groups excluding carboxylic acids is 2. The number of benzene rings is 2. The number of aromatic nitrogens is 2. The summed E-state index contributed by atoms with van der Waals surface area (Å²) in [7, 11) is 0. The molecule has 0 aliphatic rings. The van der Waals surface area contributed by atoms with E-state index >= 15 is 0 Å². The van der Waals surface area contributed by atoms with E-state index in [1.165, 1.54) is 36.6 Å². The summed E-state index contributed by atoms with van der Waals surface area (Å²) in [5, 5.41) is 5.35. The molecule has 10 heteroatoms. The molecule has 0 bridgehead atoms. The lowest BCUT2D eigenvalue weighted by Gasteiger charge is -2.14. The van der Waals surface area contributed by atoms with Crippen LogP contribution in [0.1, 0.15) is 5.76 Å². The highest BCUT2D eigenvalue weighted by molar-refractivity contribution is 5.91. The van der Waals surface area contributed by atoms with E-state index in [4.69, 9.17) is 4.42 Å². The van der Waals surface area contributed by atoms with Crippen molar-refractivity contribution in [2.75, 3.05) is 5.32 Å². The minimum absolute atomic E-state index is 0.0996. The lowest BCUT2D eigenvalue weighted by atomic mass is 10.2. The number of nitrogens with one attached hydrogen (secondary N) is 2. The number of furan rings is 1. The van der Waals surface area contributed by atoms with Gasteiger partial charge in [0.1, 0.15) is 24.7 Å². The topological polar surface area (TPSA) is 115 Å². The van der Waals surface area contributed by atoms with Gasteiger partial charge in [-0.25, -0.2) is 9.18 Å². The molecule has 0 saturated heterocycles. The molecule has 168 valence electrons. The molecule has 0 aliphatic carbocycles. The van der Waals surface area contributed by atoms with Gasteiger partial charge in [0, 0.05) is 5.69 Å². The number of rotatable bonds is 7. The second kappa shape index (κ2) is 9.35. The maximum Gasteiger partial charge on any atom is 0.332 e. The lowest BCUT2D eigenvalue weighted by Crippen LogP contribution is -2.44.